The summed E-state index contributed by atoms with van der Waals surface area (Å²) in [5.41, 5.74) is 0.0808. The van der Waals surface area contributed by atoms with Crippen LogP contribution in [-0.4, -0.2) is 28.1 Å². The summed E-state index contributed by atoms with van der Waals surface area (Å²) >= 11 is 14.4. The van der Waals surface area contributed by atoms with Crippen LogP contribution in [0, 0.1) is 34.5 Å². The van der Waals surface area contributed by atoms with E-state index >= 15 is 0 Å². The van der Waals surface area contributed by atoms with Gasteiger partial charge < -0.3 is 4.74 Å². The molecule has 0 amide bonds. The first-order valence-corrected chi connectivity index (χ1v) is 11.8. The maximum Gasteiger partial charge on any atom is 0.302 e. The Bertz CT molecular complexity index is 681. The number of hydrogen-bond acceptors (Lipinski definition) is 3. The Hall–Kier alpha value is -0.280. The smallest absolute Gasteiger partial charge is 0.302 e. The third kappa shape index (κ3) is 2.82. The van der Waals surface area contributed by atoms with Crippen LogP contribution in [-0.2, 0) is 14.3 Å². The van der Waals surface area contributed by atoms with E-state index in [1.807, 2.05) is 0 Å². The highest BCUT2D eigenvalue weighted by molar-refractivity contribution is 6.33. The highest BCUT2D eigenvalue weighted by Gasteiger charge is 2.67. The minimum Gasteiger partial charge on any atom is -0.462 e. The van der Waals surface area contributed by atoms with Crippen LogP contribution in [0.3, 0.4) is 0 Å². The Balaban J connectivity index is 1.63. The lowest BCUT2D eigenvalue weighted by molar-refractivity contribution is -0.157. The molecule has 0 aliphatic heterocycles. The SMILES string of the molecule is CC(=O)OC1CC[C@]2(C)[C@H]3CC[C@]4(C)[C@@H](C(C)=O)CC[C@H]4[C@@H]3CC(Cl)C2(Cl)C1. The van der Waals surface area contributed by atoms with Crippen molar-refractivity contribution >= 4 is 35.0 Å². The van der Waals surface area contributed by atoms with E-state index in [1.165, 1.54) is 6.92 Å². The lowest BCUT2D eigenvalue weighted by Crippen LogP contribution is -2.65. The summed E-state index contributed by atoms with van der Waals surface area (Å²) in [6.45, 7) is 7.95. The number of carbonyl (C=O) groups is 2. The molecule has 0 spiro atoms. The van der Waals surface area contributed by atoms with Crippen LogP contribution >= 0.6 is 23.2 Å². The van der Waals surface area contributed by atoms with Gasteiger partial charge in [0.15, 0.2) is 0 Å². The fraction of sp³-hybridized carbons (Fsp3) is 0.913. The Kier molecular flexibility index (Phi) is 5.15. The summed E-state index contributed by atoms with van der Waals surface area (Å²) in [6, 6.07) is 0. The molecule has 4 aliphatic carbocycles. The molecule has 4 aliphatic rings. The van der Waals surface area contributed by atoms with E-state index in [-0.39, 0.29) is 34.2 Å². The third-order valence-electron chi connectivity index (χ3n) is 9.51. The van der Waals surface area contributed by atoms with Gasteiger partial charge in [-0.05, 0) is 80.5 Å². The van der Waals surface area contributed by atoms with Crippen molar-refractivity contribution in [2.75, 3.05) is 0 Å². The Morgan fingerprint density at radius 1 is 1.00 bits per heavy atom. The van der Waals surface area contributed by atoms with Gasteiger partial charge in [-0.2, -0.15) is 0 Å². The predicted octanol–water partition coefficient (Wildman–Crippen LogP) is 5.74. The first kappa shape index (κ1) is 21.0. The minimum atomic E-state index is -0.527. The number of hydrogen-bond donors (Lipinski definition) is 0. The monoisotopic (exact) mass is 428 g/mol. The molecule has 0 radical (unpaired) electrons. The molecule has 0 aromatic heterocycles. The maximum atomic E-state index is 12.3. The Morgan fingerprint density at radius 2 is 1.71 bits per heavy atom. The molecule has 158 valence electrons. The number of alkyl halides is 2. The molecule has 9 atom stereocenters. The van der Waals surface area contributed by atoms with Crippen molar-refractivity contribution in [1.82, 2.24) is 0 Å². The molecule has 5 heteroatoms. The van der Waals surface area contributed by atoms with Crippen LogP contribution in [0.2, 0.25) is 0 Å². The largest absolute Gasteiger partial charge is 0.462 e. The van der Waals surface area contributed by atoms with E-state index in [1.54, 1.807) is 6.92 Å². The van der Waals surface area contributed by atoms with E-state index in [4.69, 9.17) is 27.9 Å². The normalized spacial score (nSPS) is 52.9. The van der Waals surface area contributed by atoms with Crippen LogP contribution in [0.15, 0.2) is 0 Å². The molecule has 0 aromatic rings. The number of rotatable bonds is 2. The van der Waals surface area contributed by atoms with Gasteiger partial charge in [0, 0.05) is 19.3 Å². The fourth-order valence-corrected chi connectivity index (χ4v) is 9.19. The quantitative estimate of drug-likeness (QED) is 0.415. The van der Waals surface area contributed by atoms with Crippen molar-refractivity contribution in [3.63, 3.8) is 0 Å². The lowest BCUT2D eigenvalue weighted by atomic mass is 9.44. The van der Waals surface area contributed by atoms with E-state index < -0.39 is 4.87 Å². The number of esters is 1. The Morgan fingerprint density at radius 3 is 2.36 bits per heavy atom. The van der Waals surface area contributed by atoms with Crippen LogP contribution in [0.25, 0.3) is 0 Å². The van der Waals surface area contributed by atoms with Gasteiger partial charge in [-0.15, -0.1) is 23.2 Å². The number of carbonyl (C=O) groups excluding carboxylic acids is 2. The maximum absolute atomic E-state index is 12.3. The average Bonchev–Trinajstić information content (AvgIpc) is 2.95. The predicted molar refractivity (Wildman–Crippen MR) is 112 cm³/mol. The molecule has 4 rings (SSSR count). The number of ketones is 1. The van der Waals surface area contributed by atoms with Crippen molar-refractivity contribution in [2.24, 2.45) is 34.5 Å². The number of fused-ring (bicyclic) bond motifs is 5. The zero-order valence-electron chi connectivity index (χ0n) is 17.6. The van der Waals surface area contributed by atoms with E-state index in [9.17, 15) is 9.59 Å². The number of halogens is 2. The summed E-state index contributed by atoms with van der Waals surface area (Å²) in [6.07, 6.45) is 7.71. The molecule has 0 saturated heterocycles. The topological polar surface area (TPSA) is 43.4 Å². The van der Waals surface area contributed by atoms with Crippen LogP contribution in [0.5, 0.6) is 0 Å². The molecule has 4 fully saturated rings. The van der Waals surface area contributed by atoms with Crippen molar-refractivity contribution in [3.05, 3.63) is 0 Å². The molecule has 0 heterocycles. The minimum absolute atomic E-state index is 0.0455. The molecule has 3 unspecified atom stereocenters. The fourth-order valence-electron chi connectivity index (χ4n) is 8.15. The third-order valence-corrected chi connectivity index (χ3v) is 11.0. The van der Waals surface area contributed by atoms with Crippen LogP contribution in [0.4, 0.5) is 0 Å². The summed E-state index contributed by atoms with van der Waals surface area (Å²) in [4.78, 5) is 23.3. The average molecular weight is 429 g/mol. The first-order chi connectivity index (χ1) is 13.0. The second-order valence-corrected chi connectivity index (χ2v) is 11.8. The molecule has 0 aromatic carbocycles. The van der Waals surface area contributed by atoms with Gasteiger partial charge in [0.2, 0.25) is 0 Å². The van der Waals surface area contributed by atoms with Crippen molar-refractivity contribution in [1.29, 1.82) is 0 Å². The highest BCUT2D eigenvalue weighted by atomic mass is 35.5. The summed E-state index contributed by atoms with van der Waals surface area (Å²) in [5.74, 6) is 2.01. The van der Waals surface area contributed by atoms with Crippen molar-refractivity contribution < 1.29 is 14.3 Å². The number of Topliss-reactive ketones (excluding diaryl/α,β-unsaturated/α-hetero) is 1. The van der Waals surface area contributed by atoms with Crippen LogP contribution < -0.4 is 0 Å². The highest BCUT2D eigenvalue weighted by Crippen LogP contribution is 2.70. The van der Waals surface area contributed by atoms with E-state index in [0.29, 0.717) is 30.0 Å². The van der Waals surface area contributed by atoms with Gasteiger partial charge in [-0.1, -0.05) is 13.8 Å². The van der Waals surface area contributed by atoms with Gasteiger partial charge in [0.1, 0.15) is 11.9 Å². The van der Waals surface area contributed by atoms with Crippen molar-refractivity contribution in [2.45, 2.75) is 95.4 Å². The van der Waals surface area contributed by atoms with Gasteiger partial charge in [0.05, 0.1) is 10.3 Å². The zero-order valence-corrected chi connectivity index (χ0v) is 19.1. The van der Waals surface area contributed by atoms with Gasteiger partial charge >= 0.3 is 5.97 Å². The summed E-state index contributed by atoms with van der Waals surface area (Å²) < 4.78 is 5.54. The summed E-state index contributed by atoms with van der Waals surface area (Å²) in [7, 11) is 0. The zero-order chi connectivity index (χ0) is 20.5. The molecule has 0 N–H and O–H groups in total. The Labute approximate surface area is 179 Å². The molecule has 4 saturated carbocycles. The van der Waals surface area contributed by atoms with Gasteiger partial charge in [-0.3, -0.25) is 9.59 Å². The van der Waals surface area contributed by atoms with E-state index in [0.717, 1.165) is 44.9 Å². The van der Waals surface area contributed by atoms with Crippen molar-refractivity contribution in [3.8, 4) is 0 Å². The summed E-state index contributed by atoms with van der Waals surface area (Å²) in [5, 5.41) is -0.127. The van der Waals surface area contributed by atoms with Gasteiger partial charge in [0.25, 0.3) is 0 Å². The molecular weight excluding hydrogens is 395 g/mol. The number of ether oxygens (including phenoxy) is 1. The lowest BCUT2D eigenvalue weighted by Gasteiger charge is -2.65. The molecule has 28 heavy (non-hydrogen) atoms. The van der Waals surface area contributed by atoms with Gasteiger partial charge in [-0.25, -0.2) is 0 Å². The standard InChI is InChI=1S/C23H34Cl2O3/c1-13(26)17-5-6-18-16-11-20(24)23(25)12-15(28-14(2)27)7-10-22(23,4)19(16)8-9-21(17,18)3/h15-20H,5-12H2,1-4H3/t15?,16-,17+,18-,19-,20?,21+,22+,23?/m0/s1. The second kappa shape index (κ2) is 6.87. The molecule has 0 bridgehead atoms. The van der Waals surface area contributed by atoms with Crippen LogP contribution in [0.1, 0.15) is 79.1 Å². The first-order valence-electron chi connectivity index (χ1n) is 11.0. The second-order valence-electron chi connectivity index (χ2n) is 10.6. The molecular formula is C23H34Cl2O3. The van der Waals surface area contributed by atoms with E-state index in [2.05, 4.69) is 13.8 Å². The molecule has 3 nitrogen and oxygen atoms in total.